The van der Waals surface area contributed by atoms with Gasteiger partial charge in [-0.3, -0.25) is 6.08 Å². The average Bonchev–Trinajstić information content (AvgIpc) is 3.37. The molecule has 0 aromatic heterocycles. The molecule has 5 heteroatoms. The molecule has 0 atom stereocenters. The van der Waals surface area contributed by atoms with Crippen molar-refractivity contribution in [2.45, 2.75) is 91.9 Å². The molecule has 0 saturated heterocycles. The number of allylic oxidation sites excluding steroid dienone is 4. The first-order valence-electron chi connectivity index (χ1n) is 14.4. The topological polar surface area (TPSA) is 0 Å². The first-order chi connectivity index (χ1) is 17.8. The van der Waals surface area contributed by atoms with Crippen LogP contribution in [0.2, 0.25) is 0 Å². The molecular formula is C36H45Cl3SiTi. The zero-order valence-corrected chi connectivity index (χ0v) is 30.5. The molecule has 0 aliphatic heterocycles. The Kier molecular flexibility index (Phi) is 17.5. The second kappa shape index (κ2) is 17.9. The maximum absolute atomic E-state index is 4.05. The van der Waals surface area contributed by atoms with Crippen molar-refractivity contribution in [2.24, 2.45) is 0 Å². The van der Waals surface area contributed by atoms with Crippen molar-refractivity contribution < 1.29 is 58.9 Å². The Labute approximate surface area is 285 Å². The van der Waals surface area contributed by atoms with Gasteiger partial charge in [-0.2, -0.15) is 5.20 Å². The van der Waals surface area contributed by atoms with Gasteiger partial charge in [-0.25, -0.2) is 11.6 Å². The van der Waals surface area contributed by atoms with Gasteiger partial charge in [-0.15, -0.1) is 0 Å². The predicted octanol–water partition coefficient (Wildman–Crippen LogP) is -0.674. The quantitative estimate of drug-likeness (QED) is 0.154. The largest absolute Gasteiger partial charge is 4.00 e. The summed E-state index contributed by atoms with van der Waals surface area (Å²) in [6.07, 6.45) is 11.1. The maximum atomic E-state index is 4.05. The van der Waals surface area contributed by atoms with Gasteiger partial charge >= 0.3 is 21.7 Å². The minimum atomic E-state index is -2.55. The van der Waals surface area contributed by atoms with Gasteiger partial charge in [0.05, 0.1) is 0 Å². The molecule has 1 aliphatic carbocycles. The van der Waals surface area contributed by atoms with Crippen molar-refractivity contribution in [2.75, 3.05) is 0 Å². The Morgan fingerprint density at radius 1 is 0.659 bits per heavy atom. The van der Waals surface area contributed by atoms with E-state index in [1.54, 1.807) is 0 Å². The summed E-state index contributed by atoms with van der Waals surface area (Å²) in [5, 5.41) is 6.00. The van der Waals surface area contributed by atoms with Crippen LogP contribution in [-0.4, -0.2) is 8.07 Å². The van der Waals surface area contributed by atoms with Crippen LogP contribution in [0, 0.1) is 6.08 Å². The van der Waals surface area contributed by atoms with Crippen molar-refractivity contribution in [1.82, 2.24) is 0 Å². The van der Waals surface area contributed by atoms with Crippen LogP contribution in [0.15, 0.2) is 89.6 Å². The molecule has 218 valence electrons. The molecule has 41 heavy (non-hydrogen) atoms. The Morgan fingerprint density at radius 2 is 1.05 bits per heavy atom. The van der Waals surface area contributed by atoms with Gasteiger partial charge in [0.25, 0.3) is 0 Å². The van der Waals surface area contributed by atoms with Gasteiger partial charge < -0.3 is 37.2 Å². The van der Waals surface area contributed by atoms with Crippen LogP contribution in [-0.2, 0) is 21.7 Å². The zero-order valence-electron chi connectivity index (χ0n) is 25.7. The summed E-state index contributed by atoms with van der Waals surface area (Å²) in [4.78, 5) is 0. The van der Waals surface area contributed by atoms with Gasteiger partial charge in [0.1, 0.15) is 0 Å². The fourth-order valence-electron chi connectivity index (χ4n) is 5.72. The molecule has 0 heterocycles. The monoisotopic (exact) mass is 658 g/mol. The molecular weight excluding hydrogens is 615 g/mol. The fraction of sp³-hybridized carbons (Fsp3) is 0.389. The van der Waals surface area contributed by atoms with Gasteiger partial charge in [0.2, 0.25) is 0 Å². The summed E-state index contributed by atoms with van der Waals surface area (Å²) in [6, 6.07) is 28.6. The van der Waals surface area contributed by atoms with E-state index in [-0.39, 0.29) is 58.9 Å². The Balaban J connectivity index is 0.00000400. The van der Waals surface area contributed by atoms with E-state index in [1.807, 2.05) is 0 Å². The van der Waals surface area contributed by atoms with Crippen molar-refractivity contribution >= 4 is 23.6 Å². The van der Waals surface area contributed by atoms with Gasteiger partial charge in [-0.1, -0.05) is 147 Å². The molecule has 0 fully saturated rings. The summed E-state index contributed by atoms with van der Waals surface area (Å²) in [7, 11) is -2.55. The van der Waals surface area contributed by atoms with E-state index in [0.717, 1.165) is 12.8 Å². The number of hydrogen-bond acceptors (Lipinski definition) is 0. The third-order valence-corrected chi connectivity index (χ3v) is 12.8. The Morgan fingerprint density at radius 3 is 1.39 bits per heavy atom. The van der Waals surface area contributed by atoms with Crippen LogP contribution >= 0.6 is 0 Å². The molecule has 0 unspecified atom stereocenters. The van der Waals surface area contributed by atoms with E-state index >= 15 is 0 Å². The number of benzene rings is 3. The van der Waals surface area contributed by atoms with Crippen molar-refractivity contribution in [3.63, 3.8) is 0 Å². The normalized spacial score (nSPS) is 12.6. The summed E-state index contributed by atoms with van der Waals surface area (Å²) >= 11 is 0. The second-order valence-corrected chi connectivity index (χ2v) is 15.6. The summed E-state index contributed by atoms with van der Waals surface area (Å²) < 4.78 is 0. The second-order valence-electron chi connectivity index (χ2n) is 11.7. The van der Waals surface area contributed by atoms with E-state index in [2.05, 4.69) is 133 Å². The number of hydrogen-bond donors (Lipinski definition) is 0. The van der Waals surface area contributed by atoms with Gasteiger partial charge in [-0.05, 0) is 50.0 Å². The number of unbranched alkanes of at least 4 members (excludes halogenated alkanes) is 1. The molecule has 3 aromatic carbocycles. The zero-order chi connectivity index (χ0) is 26.6. The molecule has 0 radical (unpaired) electrons. The molecule has 0 bridgehead atoms. The van der Waals surface area contributed by atoms with Crippen LogP contribution in [0.1, 0.15) is 109 Å². The summed E-state index contributed by atoms with van der Waals surface area (Å²) in [6.45, 7) is 16.2. The first kappa shape index (κ1) is 39.9. The first-order valence-corrected chi connectivity index (χ1v) is 16.4. The van der Waals surface area contributed by atoms with Crippen LogP contribution < -0.4 is 52.8 Å². The third kappa shape index (κ3) is 8.75. The minimum Gasteiger partial charge on any atom is -1.00 e. The maximum Gasteiger partial charge on any atom is 4.00 e. The minimum absolute atomic E-state index is 0. The summed E-state index contributed by atoms with van der Waals surface area (Å²) in [5.41, 5.74) is 5.68. The van der Waals surface area contributed by atoms with E-state index in [0.29, 0.717) is 17.8 Å². The SMILES string of the molecule is CCCCC1=CCC([Si](c2cccc(C(C)C)c2)(c2cccc(C(C)C)c2)c2cccc(C(C)C)c2)=[C-]1.[Cl-].[Cl-].[Cl-].[Ti+4]. The van der Waals surface area contributed by atoms with Crippen LogP contribution in [0.5, 0.6) is 0 Å². The molecule has 1 aliphatic rings. The molecule has 0 N–H and O–H groups in total. The van der Waals surface area contributed by atoms with E-state index in [1.165, 1.54) is 55.9 Å². The van der Waals surface area contributed by atoms with E-state index in [9.17, 15) is 0 Å². The third-order valence-electron chi connectivity index (χ3n) is 8.08. The Bertz CT molecular complexity index is 1170. The molecule has 0 saturated carbocycles. The standard InChI is InChI=1S/C36H45Si.3ClH.Ti/c1-8-9-13-29-20-21-36(22-29)37(33-17-10-14-30(23-33)26(2)3,34-18-11-15-31(24-34)27(4)5)35-19-12-16-32(25-35)28(6)7;;;;/h10-12,14-20,23-28H,8-9,13,21H2,1-7H3;3*1H;/q-1;;;;+4/p-3. The average molecular weight is 660 g/mol. The van der Waals surface area contributed by atoms with Crippen LogP contribution in [0.25, 0.3) is 0 Å². The van der Waals surface area contributed by atoms with Crippen LogP contribution in [0.4, 0.5) is 0 Å². The number of rotatable bonds is 10. The molecule has 0 nitrogen and oxygen atoms in total. The summed E-state index contributed by atoms with van der Waals surface area (Å²) in [5.74, 6) is 1.49. The molecule has 3 aromatic rings. The molecule has 0 amide bonds. The molecule has 4 rings (SSSR count). The van der Waals surface area contributed by atoms with Gasteiger partial charge in [0.15, 0.2) is 8.07 Å². The van der Waals surface area contributed by atoms with Crippen molar-refractivity contribution in [1.29, 1.82) is 0 Å². The molecule has 0 spiro atoms. The van der Waals surface area contributed by atoms with Gasteiger partial charge in [0, 0.05) is 0 Å². The Hall–Kier alpha value is -1.06. The fourth-order valence-corrected chi connectivity index (χ4v) is 10.7. The van der Waals surface area contributed by atoms with E-state index < -0.39 is 8.07 Å². The predicted molar refractivity (Wildman–Crippen MR) is 165 cm³/mol. The van der Waals surface area contributed by atoms with E-state index in [4.69, 9.17) is 0 Å². The van der Waals surface area contributed by atoms with Crippen LogP contribution in [0.3, 0.4) is 0 Å². The van der Waals surface area contributed by atoms with Crippen molar-refractivity contribution in [3.8, 4) is 0 Å². The number of halogens is 3. The smallest absolute Gasteiger partial charge is 1.00 e. The van der Waals surface area contributed by atoms with Crippen molar-refractivity contribution in [3.05, 3.63) is 112 Å².